The van der Waals surface area contributed by atoms with Gasteiger partial charge in [0.1, 0.15) is 12.7 Å². The predicted octanol–water partition coefficient (Wildman–Crippen LogP) is 1.78. The molecule has 1 heterocycles. The highest BCUT2D eigenvalue weighted by Gasteiger charge is 2.13. The van der Waals surface area contributed by atoms with Crippen LogP contribution in [-0.2, 0) is 11.3 Å². The lowest BCUT2D eigenvalue weighted by Gasteiger charge is -2.17. The SMILES string of the molecule is CC(C)(N)CCC(=O)Nc1cccc(Cn2cncn2)c1. The van der Waals surface area contributed by atoms with Gasteiger partial charge in [-0.3, -0.25) is 4.79 Å². The van der Waals surface area contributed by atoms with Gasteiger partial charge in [0.05, 0.1) is 6.54 Å². The molecule has 0 aliphatic heterocycles. The maximum atomic E-state index is 11.9. The second-order valence-electron chi connectivity index (χ2n) is 5.83. The number of nitrogens with one attached hydrogen (secondary N) is 1. The summed E-state index contributed by atoms with van der Waals surface area (Å²) in [6.07, 6.45) is 4.23. The van der Waals surface area contributed by atoms with Crippen molar-refractivity contribution in [1.29, 1.82) is 0 Å². The van der Waals surface area contributed by atoms with Crippen LogP contribution in [0.2, 0.25) is 0 Å². The second kappa shape index (κ2) is 6.49. The Balaban J connectivity index is 1.93. The van der Waals surface area contributed by atoms with Crippen molar-refractivity contribution in [2.75, 3.05) is 5.32 Å². The monoisotopic (exact) mass is 287 g/mol. The molecule has 0 fully saturated rings. The molecular weight excluding hydrogens is 266 g/mol. The molecule has 0 bridgehead atoms. The van der Waals surface area contributed by atoms with E-state index in [0.29, 0.717) is 19.4 Å². The number of aromatic nitrogens is 3. The molecule has 0 aliphatic carbocycles. The van der Waals surface area contributed by atoms with Crippen molar-refractivity contribution in [3.05, 3.63) is 42.5 Å². The second-order valence-corrected chi connectivity index (χ2v) is 5.83. The van der Waals surface area contributed by atoms with Crippen molar-refractivity contribution in [3.63, 3.8) is 0 Å². The minimum absolute atomic E-state index is 0.0218. The standard InChI is InChI=1S/C15H21N5O/c1-15(2,16)7-6-14(21)19-13-5-3-4-12(8-13)9-20-11-17-10-18-20/h3-5,8,10-11H,6-7,9,16H2,1-2H3,(H,19,21). The fraction of sp³-hybridized carbons (Fsp3) is 0.400. The van der Waals surface area contributed by atoms with Gasteiger partial charge in [-0.15, -0.1) is 0 Å². The van der Waals surface area contributed by atoms with Crippen LogP contribution in [0.4, 0.5) is 5.69 Å². The summed E-state index contributed by atoms with van der Waals surface area (Å²) in [4.78, 5) is 15.8. The van der Waals surface area contributed by atoms with E-state index in [1.165, 1.54) is 6.33 Å². The normalized spacial score (nSPS) is 11.4. The van der Waals surface area contributed by atoms with Gasteiger partial charge in [-0.25, -0.2) is 9.67 Å². The Labute approximate surface area is 124 Å². The number of benzene rings is 1. The number of hydrogen-bond donors (Lipinski definition) is 2. The molecule has 6 heteroatoms. The lowest BCUT2D eigenvalue weighted by atomic mass is 10.00. The van der Waals surface area contributed by atoms with E-state index in [1.54, 1.807) is 11.0 Å². The molecule has 0 unspecified atom stereocenters. The fourth-order valence-electron chi connectivity index (χ4n) is 1.91. The van der Waals surface area contributed by atoms with Crippen molar-refractivity contribution in [2.24, 2.45) is 5.73 Å². The smallest absolute Gasteiger partial charge is 0.224 e. The molecule has 0 saturated heterocycles. The summed E-state index contributed by atoms with van der Waals surface area (Å²) in [5.41, 5.74) is 7.39. The largest absolute Gasteiger partial charge is 0.326 e. The predicted molar refractivity (Wildman–Crippen MR) is 81.7 cm³/mol. The van der Waals surface area contributed by atoms with E-state index in [4.69, 9.17) is 5.73 Å². The topological polar surface area (TPSA) is 85.8 Å². The summed E-state index contributed by atoms with van der Waals surface area (Å²) >= 11 is 0. The summed E-state index contributed by atoms with van der Waals surface area (Å²) in [6, 6.07) is 7.71. The highest BCUT2D eigenvalue weighted by Crippen LogP contribution is 2.13. The number of nitrogens with zero attached hydrogens (tertiary/aromatic N) is 3. The molecule has 0 atom stereocenters. The minimum atomic E-state index is -0.327. The number of amides is 1. The van der Waals surface area contributed by atoms with Gasteiger partial charge in [0, 0.05) is 17.6 Å². The van der Waals surface area contributed by atoms with Gasteiger partial charge >= 0.3 is 0 Å². The van der Waals surface area contributed by atoms with Crippen LogP contribution in [0.25, 0.3) is 0 Å². The number of carbonyl (C=O) groups is 1. The summed E-state index contributed by atoms with van der Waals surface area (Å²) in [7, 11) is 0. The number of rotatable bonds is 6. The van der Waals surface area contributed by atoms with Gasteiger partial charge in [0.25, 0.3) is 0 Å². The van der Waals surface area contributed by atoms with E-state index in [9.17, 15) is 4.79 Å². The van der Waals surface area contributed by atoms with Gasteiger partial charge in [-0.2, -0.15) is 5.10 Å². The molecule has 21 heavy (non-hydrogen) atoms. The summed E-state index contributed by atoms with van der Waals surface area (Å²) in [6.45, 7) is 4.46. The molecule has 0 aliphatic rings. The van der Waals surface area contributed by atoms with Gasteiger partial charge < -0.3 is 11.1 Å². The first kappa shape index (κ1) is 15.2. The summed E-state index contributed by atoms with van der Waals surface area (Å²) in [5, 5.41) is 6.96. The van der Waals surface area contributed by atoms with E-state index in [1.807, 2.05) is 38.1 Å². The van der Waals surface area contributed by atoms with E-state index in [-0.39, 0.29) is 11.4 Å². The van der Waals surface area contributed by atoms with Crippen molar-refractivity contribution < 1.29 is 4.79 Å². The Kier molecular flexibility index (Phi) is 4.70. The van der Waals surface area contributed by atoms with Crippen LogP contribution in [0.1, 0.15) is 32.3 Å². The van der Waals surface area contributed by atoms with Crippen molar-refractivity contribution in [3.8, 4) is 0 Å². The molecule has 2 aromatic rings. The van der Waals surface area contributed by atoms with Gasteiger partial charge in [-0.1, -0.05) is 12.1 Å². The van der Waals surface area contributed by atoms with Crippen LogP contribution >= 0.6 is 0 Å². The lowest BCUT2D eigenvalue weighted by Crippen LogP contribution is -2.33. The number of hydrogen-bond acceptors (Lipinski definition) is 4. The number of nitrogens with two attached hydrogens (primary N) is 1. The van der Waals surface area contributed by atoms with Gasteiger partial charge in [0.2, 0.25) is 5.91 Å². The Bertz CT molecular complexity index is 586. The van der Waals surface area contributed by atoms with Crippen molar-refractivity contribution in [2.45, 2.75) is 38.8 Å². The van der Waals surface area contributed by atoms with Crippen molar-refractivity contribution >= 4 is 11.6 Å². The zero-order valence-corrected chi connectivity index (χ0v) is 12.4. The van der Waals surface area contributed by atoms with Crippen LogP contribution in [0.5, 0.6) is 0 Å². The third-order valence-electron chi connectivity index (χ3n) is 3.02. The number of anilines is 1. The highest BCUT2D eigenvalue weighted by molar-refractivity contribution is 5.90. The molecule has 0 radical (unpaired) electrons. The maximum absolute atomic E-state index is 11.9. The average molecular weight is 287 g/mol. The third kappa shape index (κ3) is 5.35. The van der Waals surface area contributed by atoms with Crippen LogP contribution in [-0.4, -0.2) is 26.2 Å². The molecule has 0 saturated carbocycles. The Hall–Kier alpha value is -2.21. The van der Waals surface area contributed by atoms with E-state index < -0.39 is 0 Å². The Morgan fingerprint density at radius 2 is 2.24 bits per heavy atom. The summed E-state index contributed by atoms with van der Waals surface area (Å²) in [5.74, 6) is -0.0218. The van der Waals surface area contributed by atoms with Crippen LogP contribution in [0.15, 0.2) is 36.9 Å². The first-order valence-corrected chi connectivity index (χ1v) is 6.92. The van der Waals surface area contributed by atoms with Gasteiger partial charge in [-0.05, 0) is 38.0 Å². The molecule has 3 N–H and O–H groups in total. The molecule has 112 valence electrons. The zero-order chi connectivity index (χ0) is 15.3. The molecule has 1 aromatic carbocycles. The highest BCUT2D eigenvalue weighted by atomic mass is 16.1. The molecular formula is C15H21N5O. The Morgan fingerprint density at radius 3 is 2.90 bits per heavy atom. The third-order valence-corrected chi connectivity index (χ3v) is 3.02. The van der Waals surface area contributed by atoms with E-state index >= 15 is 0 Å². The number of carbonyl (C=O) groups excluding carboxylic acids is 1. The summed E-state index contributed by atoms with van der Waals surface area (Å²) < 4.78 is 1.73. The average Bonchev–Trinajstić information content (AvgIpc) is 2.89. The van der Waals surface area contributed by atoms with Crippen molar-refractivity contribution in [1.82, 2.24) is 14.8 Å². The fourth-order valence-corrected chi connectivity index (χ4v) is 1.91. The molecule has 1 aromatic heterocycles. The van der Waals surface area contributed by atoms with Gasteiger partial charge in [0.15, 0.2) is 0 Å². The molecule has 1 amide bonds. The minimum Gasteiger partial charge on any atom is -0.326 e. The molecule has 2 rings (SSSR count). The van der Waals surface area contributed by atoms with Crippen LogP contribution in [0.3, 0.4) is 0 Å². The first-order chi connectivity index (χ1) is 9.92. The van der Waals surface area contributed by atoms with E-state index in [0.717, 1.165) is 11.3 Å². The maximum Gasteiger partial charge on any atom is 0.224 e. The Morgan fingerprint density at radius 1 is 1.43 bits per heavy atom. The lowest BCUT2D eigenvalue weighted by molar-refractivity contribution is -0.116. The van der Waals surface area contributed by atoms with Crippen LogP contribution in [0, 0.1) is 0 Å². The first-order valence-electron chi connectivity index (χ1n) is 6.92. The molecule has 0 spiro atoms. The van der Waals surface area contributed by atoms with E-state index in [2.05, 4.69) is 15.4 Å². The quantitative estimate of drug-likeness (QED) is 0.848. The molecule has 6 nitrogen and oxygen atoms in total. The van der Waals surface area contributed by atoms with Crippen LogP contribution < -0.4 is 11.1 Å². The zero-order valence-electron chi connectivity index (χ0n) is 12.4.